The number of aliphatic carboxylic acids is 1. The molecule has 30 atom stereocenters. The third-order valence-corrected chi connectivity index (χ3v) is 22.3. The van der Waals surface area contributed by atoms with Crippen molar-refractivity contribution in [2.45, 2.75) is 249 Å². The summed E-state index contributed by atoms with van der Waals surface area (Å²) in [6, 6.07) is 0. The molecule has 5 aliphatic carbocycles. The standard InChI is InChI=1S/C59H92O26/c1-11-25(2)78-48-47(73)59(24-62)28(18-53(48,4)5)27-12-13-33-54(6)16-15-34(55(7,23-61)32(54)14-17-56(33,8)57(27,9)19-35(59)79-26(3)63)80-52-45(85-58(10)46(72)39(69)38(68)31(20-60)84-58)42(41(71)43(82-52)49(74)75)81-51-44(37(67)30(65)22-77-51)83-50-40(70)36(66)29(64)21-76-50/h11-12,23,28-48,50-52,60,62,64-73H,13-22,24H2,1-10H3,(H,74,75)/b25-11-/t28-,29+,30-,31+,32+,33+,34?,35+,36-,37-,38-,39-,40+,41-,42-,43-,44+,45+,46+,47-,48-,50-,51-,52+,54-,55-,56+,57+,58-,59-/m0/s1. The third-order valence-electron chi connectivity index (χ3n) is 22.3. The van der Waals surface area contributed by atoms with Crippen molar-refractivity contribution >= 4 is 18.2 Å². The molecule has 0 radical (unpaired) electrons. The van der Waals surface area contributed by atoms with Crippen LogP contribution in [0.15, 0.2) is 23.5 Å². The highest BCUT2D eigenvalue weighted by Crippen LogP contribution is 2.76. The molecule has 0 spiro atoms. The fourth-order valence-corrected chi connectivity index (χ4v) is 17.3. The predicted octanol–water partition coefficient (Wildman–Crippen LogP) is -1.19. The number of rotatable bonds is 15. The smallest absolute Gasteiger partial charge is 0.335 e. The molecule has 0 amide bonds. The average Bonchev–Trinajstić information content (AvgIpc) is 0.676. The van der Waals surface area contributed by atoms with E-state index in [9.17, 15) is 80.8 Å². The van der Waals surface area contributed by atoms with E-state index in [4.69, 9.17) is 47.4 Å². The van der Waals surface area contributed by atoms with E-state index in [1.807, 2.05) is 20.8 Å². The van der Waals surface area contributed by atoms with Crippen LogP contribution in [0.1, 0.15) is 114 Å². The summed E-state index contributed by atoms with van der Waals surface area (Å²) in [5.74, 6) is -5.21. The summed E-state index contributed by atoms with van der Waals surface area (Å²) in [4.78, 5) is 40.6. The van der Waals surface area contributed by atoms with E-state index in [0.29, 0.717) is 37.9 Å². The average molecular weight is 1220 g/mol. The predicted molar refractivity (Wildman–Crippen MR) is 288 cm³/mol. The highest BCUT2D eigenvalue weighted by Gasteiger charge is 2.74. The summed E-state index contributed by atoms with van der Waals surface area (Å²) in [6.07, 6.45) is -29.1. The van der Waals surface area contributed by atoms with Gasteiger partial charge in [-0.3, -0.25) is 4.79 Å². The molecule has 484 valence electrons. The second kappa shape index (κ2) is 24.0. The first kappa shape index (κ1) is 66.5. The van der Waals surface area contributed by atoms with Crippen LogP contribution in [0.25, 0.3) is 0 Å². The molecular formula is C59H92O26. The minimum atomic E-state index is -2.48. The summed E-state index contributed by atoms with van der Waals surface area (Å²) in [7, 11) is 0. The molecule has 9 rings (SSSR count). The normalized spacial score (nSPS) is 52.5. The second-order valence-electron chi connectivity index (χ2n) is 27.5. The number of fused-ring (bicyclic) bond motifs is 7. The maximum Gasteiger partial charge on any atom is 0.335 e. The maximum absolute atomic E-state index is 14.2. The van der Waals surface area contributed by atoms with Gasteiger partial charge in [0.1, 0.15) is 104 Å². The first-order chi connectivity index (χ1) is 39.7. The first-order valence-corrected chi connectivity index (χ1v) is 29.8. The van der Waals surface area contributed by atoms with Crippen molar-refractivity contribution in [3.05, 3.63) is 23.5 Å². The Morgan fingerprint density at radius 3 is 1.95 bits per heavy atom. The molecule has 0 aromatic carbocycles. The number of hydrogen-bond acceptors (Lipinski definition) is 25. The van der Waals surface area contributed by atoms with Crippen molar-refractivity contribution < 1.29 is 128 Å². The summed E-state index contributed by atoms with van der Waals surface area (Å²) in [5.41, 5.74) is -4.15. The lowest BCUT2D eigenvalue weighted by atomic mass is 9.33. The van der Waals surface area contributed by atoms with Crippen LogP contribution in [0, 0.1) is 50.2 Å². The zero-order valence-electron chi connectivity index (χ0n) is 50.0. The number of esters is 1. The van der Waals surface area contributed by atoms with Gasteiger partial charge in [0.05, 0.1) is 49.1 Å². The molecule has 26 heteroatoms. The molecule has 85 heavy (non-hydrogen) atoms. The minimum Gasteiger partial charge on any atom is -0.492 e. The number of aliphatic hydroxyl groups is 12. The van der Waals surface area contributed by atoms with Gasteiger partial charge in [0, 0.05) is 12.3 Å². The molecule has 13 N–H and O–H groups in total. The number of ether oxygens (including phenoxy) is 10. The summed E-state index contributed by atoms with van der Waals surface area (Å²) in [6.45, 7) is 15.9. The van der Waals surface area contributed by atoms with E-state index >= 15 is 0 Å². The van der Waals surface area contributed by atoms with Crippen molar-refractivity contribution in [3.63, 3.8) is 0 Å². The van der Waals surface area contributed by atoms with E-state index in [1.54, 1.807) is 19.9 Å². The third kappa shape index (κ3) is 10.8. The largest absolute Gasteiger partial charge is 0.492 e. The van der Waals surface area contributed by atoms with E-state index < -0.39 is 217 Å². The molecule has 4 aliphatic heterocycles. The minimum absolute atomic E-state index is 0.129. The van der Waals surface area contributed by atoms with Gasteiger partial charge in [-0.05, 0) is 106 Å². The van der Waals surface area contributed by atoms with Gasteiger partial charge >= 0.3 is 11.9 Å². The van der Waals surface area contributed by atoms with Crippen LogP contribution in [0.3, 0.4) is 0 Å². The zero-order valence-corrected chi connectivity index (χ0v) is 50.0. The Kier molecular flexibility index (Phi) is 18.8. The SMILES string of the molecule is C/C=C(/C)O[C@H]1[C@H](O)[C@]2(CO)[C@H](OC(C)=O)C[C@]3(C)C(=CC[C@@H]4[C@@]5(C)CCC(O[C@@H]6O[C@H](C(=O)O)[C@@H](O)[C@H](O[C@@H]7OC[C@H](O)[C@H](O)[C@H]7O[C@@H]7OC[C@@H](O)[C@H](O)[C@H]7O)[C@H]6O[C@]6(C)O[C@H](CO)[C@H](O)[C@H](O)[C@H]6O)[C@@](C)(C=O)[C@@H]5CC[C@]43C)[C@@H]2CC1(C)C. The van der Waals surface area contributed by atoms with E-state index in [1.165, 1.54) is 6.92 Å². The quantitative estimate of drug-likeness (QED) is 0.0301. The van der Waals surface area contributed by atoms with Gasteiger partial charge in [-0.1, -0.05) is 53.2 Å². The Morgan fingerprint density at radius 2 is 1.34 bits per heavy atom. The number of carboxylic acids is 1. The molecule has 0 aromatic heterocycles. The van der Waals surface area contributed by atoms with Gasteiger partial charge in [0.2, 0.25) is 0 Å². The molecular weight excluding hydrogens is 1120 g/mol. The number of aliphatic hydroxyl groups excluding tert-OH is 12. The van der Waals surface area contributed by atoms with E-state index in [-0.39, 0.29) is 18.8 Å². The lowest BCUT2D eigenvalue weighted by molar-refractivity contribution is -0.422. The highest BCUT2D eigenvalue weighted by molar-refractivity contribution is 5.73. The molecule has 8 fully saturated rings. The van der Waals surface area contributed by atoms with Crippen molar-refractivity contribution in [2.75, 3.05) is 26.4 Å². The first-order valence-electron chi connectivity index (χ1n) is 29.8. The summed E-state index contributed by atoms with van der Waals surface area (Å²) in [5, 5.41) is 144. The topological polar surface area (TPSA) is 407 Å². The maximum atomic E-state index is 14.2. The van der Waals surface area contributed by atoms with Crippen LogP contribution in [0.2, 0.25) is 0 Å². The van der Waals surface area contributed by atoms with Crippen molar-refractivity contribution in [2.24, 2.45) is 50.2 Å². The molecule has 26 nitrogen and oxygen atoms in total. The number of carbonyl (C=O) groups excluding carboxylic acids is 2. The molecule has 9 aliphatic rings. The van der Waals surface area contributed by atoms with Crippen LogP contribution in [-0.2, 0) is 61.8 Å². The molecule has 4 heterocycles. The Labute approximate surface area is 493 Å². The number of hydrogen-bond donors (Lipinski definition) is 13. The fraction of sp³-hybridized carbons (Fsp3) is 0.881. The van der Waals surface area contributed by atoms with Crippen LogP contribution in [0.4, 0.5) is 0 Å². The molecule has 1 unspecified atom stereocenters. The number of carbonyl (C=O) groups is 3. The van der Waals surface area contributed by atoms with Gasteiger partial charge < -0.3 is 119 Å². The lowest BCUT2D eigenvalue weighted by Gasteiger charge is -2.72. The summed E-state index contributed by atoms with van der Waals surface area (Å²) >= 11 is 0. The fourth-order valence-electron chi connectivity index (χ4n) is 17.3. The number of carboxylic acid groups (broad SMARTS) is 1. The zero-order chi connectivity index (χ0) is 62.6. The van der Waals surface area contributed by atoms with E-state index in [2.05, 4.69) is 26.8 Å². The summed E-state index contributed by atoms with van der Waals surface area (Å²) < 4.78 is 61.5. The Balaban J connectivity index is 1.07. The molecule has 4 saturated heterocycles. The van der Waals surface area contributed by atoms with Crippen LogP contribution >= 0.6 is 0 Å². The van der Waals surface area contributed by atoms with Gasteiger partial charge in [-0.2, -0.15) is 0 Å². The monoisotopic (exact) mass is 1220 g/mol. The van der Waals surface area contributed by atoms with Crippen molar-refractivity contribution in [1.29, 1.82) is 0 Å². The van der Waals surface area contributed by atoms with Crippen LogP contribution < -0.4 is 0 Å². The molecule has 0 aromatic rings. The lowest BCUT2D eigenvalue weighted by Crippen LogP contribution is -2.72. The van der Waals surface area contributed by atoms with Gasteiger partial charge in [-0.25, -0.2) is 4.79 Å². The molecule has 4 saturated carbocycles. The van der Waals surface area contributed by atoms with Gasteiger partial charge in [-0.15, -0.1) is 0 Å². The van der Waals surface area contributed by atoms with Crippen LogP contribution in [-0.4, -0.2) is 246 Å². The molecule has 0 bridgehead atoms. The highest BCUT2D eigenvalue weighted by atomic mass is 16.8. The number of aldehydes is 1. The van der Waals surface area contributed by atoms with Gasteiger partial charge in [0.15, 0.2) is 30.8 Å². The second-order valence-corrected chi connectivity index (χ2v) is 27.5. The Bertz CT molecular complexity index is 2500. The van der Waals surface area contributed by atoms with Gasteiger partial charge in [0.25, 0.3) is 0 Å². The van der Waals surface area contributed by atoms with Crippen molar-refractivity contribution in [1.82, 2.24) is 0 Å². The van der Waals surface area contributed by atoms with E-state index in [0.717, 1.165) is 18.8 Å². The number of allylic oxidation sites excluding steroid dienone is 4. The van der Waals surface area contributed by atoms with Crippen molar-refractivity contribution in [3.8, 4) is 0 Å². The van der Waals surface area contributed by atoms with Crippen LogP contribution in [0.5, 0.6) is 0 Å². The Morgan fingerprint density at radius 1 is 0.694 bits per heavy atom. The Hall–Kier alpha value is -2.91.